The van der Waals surface area contributed by atoms with Gasteiger partial charge in [-0.05, 0) is 34.3 Å². The first-order valence-electron chi connectivity index (χ1n) is 6.19. The van der Waals surface area contributed by atoms with E-state index in [9.17, 15) is 4.79 Å². The average molecular weight is 319 g/mol. The van der Waals surface area contributed by atoms with Gasteiger partial charge >= 0.3 is 0 Å². The summed E-state index contributed by atoms with van der Waals surface area (Å²) in [6.45, 7) is 1.34. The molecule has 3 aromatic rings. The molecule has 0 saturated carbocycles. The van der Waals surface area contributed by atoms with Crippen LogP contribution in [0.15, 0.2) is 51.9 Å². The summed E-state index contributed by atoms with van der Waals surface area (Å²) in [4.78, 5) is 16.9. The smallest absolute Gasteiger partial charge is 0.255 e. The third-order valence-corrected chi connectivity index (χ3v) is 5.31. The predicted molar refractivity (Wildman–Crippen MR) is 86.5 cm³/mol. The third-order valence-electron chi connectivity index (χ3n) is 2.91. The largest absolute Gasteiger partial charge is 0.328 e. The van der Waals surface area contributed by atoms with Crippen molar-refractivity contribution >= 4 is 39.9 Å². The Kier molecular flexibility index (Phi) is 4.30. The second kappa shape index (κ2) is 6.35. The maximum absolute atomic E-state index is 12.6. The number of carbonyl (C=O) groups excluding carboxylic acids is 1. The molecule has 102 valence electrons. The van der Waals surface area contributed by atoms with E-state index in [0.29, 0.717) is 13.1 Å². The van der Waals surface area contributed by atoms with Crippen LogP contribution in [0.5, 0.6) is 0 Å². The molecule has 3 aromatic heterocycles. The van der Waals surface area contributed by atoms with Gasteiger partial charge in [0.1, 0.15) is 0 Å². The Morgan fingerprint density at radius 3 is 2.05 bits per heavy atom. The molecule has 0 aromatic carbocycles. The Bertz CT molecular complexity index is 605. The molecule has 0 bridgehead atoms. The van der Waals surface area contributed by atoms with Crippen LogP contribution in [0.25, 0.3) is 0 Å². The summed E-state index contributed by atoms with van der Waals surface area (Å²) >= 11 is 4.94. The van der Waals surface area contributed by atoms with Crippen molar-refractivity contribution < 1.29 is 4.79 Å². The average Bonchev–Trinajstić information content (AvgIpc) is 3.20. The summed E-state index contributed by atoms with van der Waals surface area (Å²) in [5, 5.41) is 7.96. The van der Waals surface area contributed by atoms with Gasteiger partial charge in [-0.15, -0.1) is 22.7 Å². The van der Waals surface area contributed by atoms with E-state index in [1.54, 1.807) is 34.0 Å². The summed E-state index contributed by atoms with van der Waals surface area (Å²) in [6.07, 6.45) is 0. The molecule has 5 heteroatoms. The van der Waals surface area contributed by atoms with Crippen molar-refractivity contribution in [3.63, 3.8) is 0 Å². The summed E-state index contributed by atoms with van der Waals surface area (Å²) < 4.78 is 0. The number of nitrogens with zero attached hydrogens (tertiary/aromatic N) is 1. The van der Waals surface area contributed by atoms with E-state index in [2.05, 4.69) is 12.1 Å². The molecular formula is C15H13NOS3. The van der Waals surface area contributed by atoms with Gasteiger partial charge in [0.05, 0.1) is 18.7 Å². The van der Waals surface area contributed by atoms with Crippen molar-refractivity contribution in [3.8, 4) is 0 Å². The summed E-state index contributed by atoms with van der Waals surface area (Å²) in [7, 11) is 0. The number of amides is 1. The van der Waals surface area contributed by atoms with Crippen LogP contribution in [0.2, 0.25) is 0 Å². The van der Waals surface area contributed by atoms with E-state index in [4.69, 9.17) is 0 Å². The molecule has 0 N–H and O–H groups in total. The van der Waals surface area contributed by atoms with Crippen LogP contribution in [0.1, 0.15) is 20.1 Å². The van der Waals surface area contributed by atoms with E-state index in [-0.39, 0.29) is 5.91 Å². The van der Waals surface area contributed by atoms with Gasteiger partial charge in [0.25, 0.3) is 5.91 Å². The minimum atomic E-state index is 0.105. The second-order valence-corrected chi connectivity index (χ2v) is 7.18. The van der Waals surface area contributed by atoms with Gasteiger partial charge in [-0.1, -0.05) is 12.1 Å². The lowest BCUT2D eigenvalue weighted by Crippen LogP contribution is -2.29. The van der Waals surface area contributed by atoms with Crippen LogP contribution >= 0.6 is 34.0 Å². The molecule has 0 fully saturated rings. The van der Waals surface area contributed by atoms with E-state index in [1.165, 1.54) is 9.75 Å². The SMILES string of the molecule is O=C(c1ccsc1)N(Cc1cccs1)Cc1cccs1. The molecule has 0 aliphatic rings. The summed E-state index contributed by atoms with van der Waals surface area (Å²) in [5.41, 5.74) is 0.781. The van der Waals surface area contributed by atoms with Gasteiger partial charge < -0.3 is 4.90 Å². The highest BCUT2D eigenvalue weighted by atomic mass is 32.1. The van der Waals surface area contributed by atoms with Crippen LogP contribution < -0.4 is 0 Å². The Morgan fingerprint density at radius 2 is 1.60 bits per heavy atom. The molecule has 1 amide bonds. The highest BCUT2D eigenvalue weighted by Crippen LogP contribution is 2.20. The van der Waals surface area contributed by atoms with Crippen LogP contribution in [-0.4, -0.2) is 10.8 Å². The molecule has 3 heterocycles. The Labute approximate surface area is 129 Å². The fourth-order valence-electron chi connectivity index (χ4n) is 1.95. The van der Waals surface area contributed by atoms with Crippen LogP contribution in [0.4, 0.5) is 0 Å². The molecule has 2 nitrogen and oxygen atoms in total. The monoisotopic (exact) mass is 319 g/mol. The fourth-order valence-corrected chi connectivity index (χ4v) is 4.02. The normalized spacial score (nSPS) is 10.6. The number of hydrogen-bond donors (Lipinski definition) is 0. The number of thiophene rings is 3. The standard InChI is InChI=1S/C15H13NOS3/c17-15(12-5-8-18-11-12)16(9-13-3-1-6-19-13)10-14-4-2-7-20-14/h1-8,11H,9-10H2. The summed E-state index contributed by atoms with van der Waals surface area (Å²) in [6, 6.07) is 10.1. The van der Waals surface area contributed by atoms with Crippen molar-refractivity contribution in [2.24, 2.45) is 0 Å². The van der Waals surface area contributed by atoms with Gasteiger partial charge in [0, 0.05) is 15.1 Å². The lowest BCUT2D eigenvalue weighted by atomic mass is 10.2. The minimum Gasteiger partial charge on any atom is -0.328 e. The first kappa shape index (κ1) is 13.5. The first-order chi connectivity index (χ1) is 9.83. The lowest BCUT2D eigenvalue weighted by molar-refractivity contribution is 0.0734. The zero-order valence-corrected chi connectivity index (χ0v) is 13.1. The Balaban J connectivity index is 1.81. The number of hydrogen-bond acceptors (Lipinski definition) is 4. The number of rotatable bonds is 5. The second-order valence-electron chi connectivity index (χ2n) is 4.33. The van der Waals surface area contributed by atoms with E-state index < -0.39 is 0 Å². The molecule has 0 spiro atoms. The summed E-state index contributed by atoms with van der Waals surface area (Å²) in [5.74, 6) is 0.105. The van der Waals surface area contributed by atoms with Gasteiger partial charge in [-0.25, -0.2) is 0 Å². The molecule has 3 rings (SSSR count). The number of carbonyl (C=O) groups is 1. The quantitative estimate of drug-likeness (QED) is 0.666. The molecule has 0 unspecified atom stereocenters. The highest BCUT2D eigenvalue weighted by Gasteiger charge is 2.17. The van der Waals surface area contributed by atoms with Gasteiger partial charge in [-0.2, -0.15) is 11.3 Å². The fraction of sp³-hybridized carbons (Fsp3) is 0.133. The first-order valence-corrected chi connectivity index (χ1v) is 8.89. The van der Waals surface area contributed by atoms with Crippen molar-refractivity contribution in [2.45, 2.75) is 13.1 Å². The lowest BCUT2D eigenvalue weighted by Gasteiger charge is -2.21. The highest BCUT2D eigenvalue weighted by molar-refractivity contribution is 7.10. The Hall–Kier alpha value is -1.43. The zero-order valence-electron chi connectivity index (χ0n) is 10.7. The van der Waals surface area contributed by atoms with E-state index in [1.807, 2.05) is 44.6 Å². The van der Waals surface area contributed by atoms with E-state index in [0.717, 1.165) is 5.56 Å². The topological polar surface area (TPSA) is 20.3 Å². The van der Waals surface area contributed by atoms with E-state index >= 15 is 0 Å². The molecule has 0 atom stereocenters. The molecule has 0 aliphatic heterocycles. The van der Waals surface area contributed by atoms with Crippen LogP contribution in [0.3, 0.4) is 0 Å². The predicted octanol–water partition coefficient (Wildman–Crippen LogP) is 4.71. The molecule has 0 radical (unpaired) electrons. The van der Waals surface area contributed by atoms with Crippen LogP contribution in [0, 0.1) is 0 Å². The minimum absolute atomic E-state index is 0.105. The zero-order chi connectivity index (χ0) is 13.8. The van der Waals surface area contributed by atoms with Crippen molar-refractivity contribution in [1.29, 1.82) is 0 Å². The molecular weight excluding hydrogens is 306 g/mol. The van der Waals surface area contributed by atoms with Gasteiger partial charge in [0.15, 0.2) is 0 Å². The maximum Gasteiger partial charge on any atom is 0.255 e. The molecule has 0 aliphatic carbocycles. The molecule has 0 saturated heterocycles. The van der Waals surface area contributed by atoms with Gasteiger partial charge in [-0.3, -0.25) is 4.79 Å². The Morgan fingerprint density at radius 1 is 0.950 bits per heavy atom. The van der Waals surface area contributed by atoms with Gasteiger partial charge in [0.2, 0.25) is 0 Å². The van der Waals surface area contributed by atoms with Crippen molar-refractivity contribution in [2.75, 3.05) is 0 Å². The third kappa shape index (κ3) is 3.17. The maximum atomic E-state index is 12.6. The van der Waals surface area contributed by atoms with Crippen molar-refractivity contribution in [3.05, 3.63) is 67.2 Å². The molecule has 20 heavy (non-hydrogen) atoms. The van der Waals surface area contributed by atoms with Crippen molar-refractivity contribution in [1.82, 2.24) is 4.90 Å². The van der Waals surface area contributed by atoms with Crippen LogP contribution in [-0.2, 0) is 13.1 Å².